The summed E-state index contributed by atoms with van der Waals surface area (Å²) in [7, 11) is 0. The summed E-state index contributed by atoms with van der Waals surface area (Å²) in [6.45, 7) is 5.22. The molecule has 7 nitrogen and oxygen atoms in total. The van der Waals surface area contributed by atoms with Crippen molar-refractivity contribution in [2.75, 3.05) is 11.9 Å². The second-order valence-corrected chi connectivity index (χ2v) is 6.60. The molecule has 0 saturated heterocycles. The lowest BCUT2D eigenvalue weighted by Crippen LogP contribution is -2.10. The number of hydrogen-bond acceptors (Lipinski definition) is 6. The summed E-state index contributed by atoms with van der Waals surface area (Å²) in [6, 6.07) is 11.7. The Morgan fingerprint density at radius 3 is 2.48 bits per heavy atom. The third kappa shape index (κ3) is 5.98. The molecule has 0 spiro atoms. The van der Waals surface area contributed by atoms with Crippen LogP contribution in [0.25, 0.3) is 11.0 Å². The van der Waals surface area contributed by atoms with Gasteiger partial charge in [-0.15, -0.1) is 37.2 Å². The number of pyridine rings is 1. The molecule has 4 rings (SSSR count). The fourth-order valence-electron chi connectivity index (χ4n) is 3.07. The van der Waals surface area contributed by atoms with Gasteiger partial charge in [-0.3, -0.25) is 4.98 Å². The van der Waals surface area contributed by atoms with Gasteiger partial charge in [0.05, 0.1) is 11.7 Å². The molecule has 0 radical (unpaired) electrons. The number of rotatable bonds is 6. The van der Waals surface area contributed by atoms with E-state index < -0.39 is 0 Å². The quantitative estimate of drug-likeness (QED) is 0.391. The Hall–Kier alpha value is -2.58. The topological polar surface area (TPSA) is 90.9 Å². The maximum absolute atomic E-state index is 5.94. The molecule has 0 amide bonds. The molecule has 0 aliphatic rings. The van der Waals surface area contributed by atoms with E-state index in [1.165, 1.54) is 0 Å². The number of halogens is 3. The number of aryl methyl sites for hydroxylation is 2. The molecule has 0 aliphatic heterocycles. The Kier molecular flexibility index (Phi) is 10.00. The van der Waals surface area contributed by atoms with Crippen LogP contribution < -0.4 is 15.8 Å². The van der Waals surface area contributed by atoms with Crippen molar-refractivity contribution in [3.63, 3.8) is 0 Å². The second-order valence-electron chi connectivity index (χ2n) is 6.60. The van der Waals surface area contributed by atoms with E-state index in [1.807, 2.05) is 56.4 Å². The molecule has 1 aromatic carbocycles. The highest BCUT2D eigenvalue weighted by Crippen LogP contribution is 2.29. The van der Waals surface area contributed by atoms with Crippen molar-refractivity contribution in [3.8, 4) is 11.5 Å². The third-order valence-corrected chi connectivity index (χ3v) is 4.47. The first-order valence-corrected chi connectivity index (χ1v) is 9.12. The van der Waals surface area contributed by atoms with Crippen LogP contribution in [0.4, 0.5) is 11.5 Å². The van der Waals surface area contributed by atoms with Gasteiger partial charge in [-0.2, -0.15) is 0 Å². The molecule has 0 bridgehead atoms. The number of anilines is 2. The van der Waals surface area contributed by atoms with Crippen LogP contribution in [0.3, 0.4) is 0 Å². The van der Waals surface area contributed by atoms with Gasteiger partial charge in [0, 0.05) is 30.7 Å². The second kappa shape index (κ2) is 11.7. The van der Waals surface area contributed by atoms with Gasteiger partial charge in [0.15, 0.2) is 5.82 Å². The zero-order chi connectivity index (χ0) is 19.5. The zero-order valence-electron chi connectivity index (χ0n) is 17.1. The summed E-state index contributed by atoms with van der Waals surface area (Å²) >= 11 is 0. The lowest BCUT2D eigenvalue weighted by Gasteiger charge is -2.13. The molecule has 0 unspecified atom stereocenters. The minimum atomic E-state index is 0. The number of nitrogens with two attached hydrogens (primary N) is 1. The lowest BCUT2D eigenvalue weighted by molar-refractivity contribution is 0.476. The van der Waals surface area contributed by atoms with Gasteiger partial charge in [-0.25, -0.2) is 9.97 Å². The maximum atomic E-state index is 5.94. The summed E-state index contributed by atoms with van der Waals surface area (Å²) in [6.07, 6.45) is 5.27. The standard InChI is InChI=1S/C21H22N6O.3ClH/c1-14-11-16(4-6-19(14)28-17-5-3-15(2)23-12-17)26-21-20-18(24-13-25-21)7-9-27(20)10-8-22;;;/h3-7,9,11-13H,8,10,22H2,1-2H3,(H,24,25,26);3*1H. The van der Waals surface area contributed by atoms with Gasteiger partial charge < -0.3 is 20.4 Å². The molecule has 0 aliphatic carbocycles. The van der Waals surface area contributed by atoms with E-state index in [-0.39, 0.29) is 37.2 Å². The van der Waals surface area contributed by atoms with E-state index in [0.29, 0.717) is 18.8 Å². The highest BCUT2D eigenvalue weighted by atomic mass is 35.5. The van der Waals surface area contributed by atoms with E-state index in [0.717, 1.165) is 39.5 Å². The van der Waals surface area contributed by atoms with Gasteiger partial charge in [0.2, 0.25) is 0 Å². The number of fused-ring (bicyclic) bond motifs is 1. The largest absolute Gasteiger partial charge is 0.455 e. The zero-order valence-corrected chi connectivity index (χ0v) is 19.6. The molecule has 10 heteroatoms. The molecular weight excluding hydrogens is 459 g/mol. The van der Waals surface area contributed by atoms with Crippen LogP contribution in [0.1, 0.15) is 11.3 Å². The fraction of sp³-hybridized carbons (Fsp3) is 0.190. The number of aromatic nitrogens is 4. The maximum Gasteiger partial charge on any atom is 0.158 e. The molecule has 3 N–H and O–H groups in total. The number of nitrogens with zero attached hydrogens (tertiary/aromatic N) is 4. The third-order valence-electron chi connectivity index (χ3n) is 4.47. The molecule has 0 fully saturated rings. The van der Waals surface area contributed by atoms with Crippen LogP contribution in [0.15, 0.2) is 55.1 Å². The number of ether oxygens (including phenoxy) is 1. The average Bonchev–Trinajstić information content (AvgIpc) is 3.10. The van der Waals surface area contributed by atoms with Crippen molar-refractivity contribution in [1.29, 1.82) is 0 Å². The molecule has 0 atom stereocenters. The van der Waals surface area contributed by atoms with Crippen LogP contribution in [0, 0.1) is 13.8 Å². The molecule has 3 heterocycles. The summed E-state index contributed by atoms with van der Waals surface area (Å²) in [5.74, 6) is 2.25. The first-order chi connectivity index (χ1) is 13.6. The van der Waals surface area contributed by atoms with Crippen LogP contribution in [-0.4, -0.2) is 26.1 Å². The Morgan fingerprint density at radius 1 is 1.00 bits per heavy atom. The van der Waals surface area contributed by atoms with E-state index in [1.54, 1.807) is 12.5 Å². The predicted octanol–water partition coefficient (Wildman–Crippen LogP) is 5.20. The SMILES string of the molecule is Cc1ccc(Oc2ccc(Nc3ncnc4ccn(CCN)c34)cc2C)cn1.Cl.Cl.Cl. The highest BCUT2D eigenvalue weighted by Gasteiger charge is 2.10. The molecular formula is C21H25Cl3N6O. The fourth-order valence-corrected chi connectivity index (χ4v) is 3.07. The summed E-state index contributed by atoms with van der Waals surface area (Å²) in [5.41, 5.74) is 10.4. The van der Waals surface area contributed by atoms with E-state index in [4.69, 9.17) is 10.5 Å². The first kappa shape index (κ1) is 26.5. The van der Waals surface area contributed by atoms with Crippen LogP contribution >= 0.6 is 37.2 Å². The predicted molar refractivity (Wildman–Crippen MR) is 132 cm³/mol. The minimum absolute atomic E-state index is 0. The minimum Gasteiger partial charge on any atom is -0.455 e. The van der Waals surface area contributed by atoms with Gasteiger partial charge in [0.25, 0.3) is 0 Å². The van der Waals surface area contributed by atoms with E-state index in [9.17, 15) is 0 Å². The molecule has 3 aromatic heterocycles. The van der Waals surface area contributed by atoms with Crippen molar-refractivity contribution in [2.24, 2.45) is 5.73 Å². The van der Waals surface area contributed by atoms with E-state index >= 15 is 0 Å². The van der Waals surface area contributed by atoms with Crippen LogP contribution in [0.2, 0.25) is 0 Å². The monoisotopic (exact) mass is 482 g/mol. The van der Waals surface area contributed by atoms with Crippen LogP contribution in [0.5, 0.6) is 11.5 Å². The Bertz CT molecular complexity index is 1120. The lowest BCUT2D eigenvalue weighted by atomic mass is 10.2. The normalized spacial score (nSPS) is 9.90. The highest BCUT2D eigenvalue weighted by molar-refractivity contribution is 5.88. The van der Waals surface area contributed by atoms with E-state index in [2.05, 4.69) is 24.8 Å². The number of hydrogen-bond donors (Lipinski definition) is 2. The summed E-state index contributed by atoms with van der Waals surface area (Å²) < 4.78 is 8.01. The van der Waals surface area contributed by atoms with Gasteiger partial charge in [0.1, 0.15) is 23.3 Å². The first-order valence-electron chi connectivity index (χ1n) is 9.12. The van der Waals surface area contributed by atoms with Crippen molar-refractivity contribution in [2.45, 2.75) is 20.4 Å². The molecule has 0 saturated carbocycles. The Labute approximate surface area is 199 Å². The van der Waals surface area contributed by atoms with Crippen molar-refractivity contribution in [3.05, 3.63) is 66.4 Å². The summed E-state index contributed by atoms with van der Waals surface area (Å²) in [5, 5.41) is 3.39. The van der Waals surface area contributed by atoms with Gasteiger partial charge in [-0.05, 0) is 55.8 Å². The molecule has 31 heavy (non-hydrogen) atoms. The number of benzene rings is 1. The molecule has 166 valence electrons. The van der Waals surface area contributed by atoms with Gasteiger partial charge in [-0.1, -0.05) is 0 Å². The van der Waals surface area contributed by atoms with Gasteiger partial charge >= 0.3 is 0 Å². The smallest absolute Gasteiger partial charge is 0.158 e. The Balaban J connectivity index is 0.00000160. The van der Waals surface area contributed by atoms with Crippen molar-refractivity contribution >= 4 is 59.8 Å². The van der Waals surface area contributed by atoms with Crippen molar-refractivity contribution < 1.29 is 4.74 Å². The Morgan fingerprint density at radius 2 is 1.81 bits per heavy atom. The van der Waals surface area contributed by atoms with Crippen LogP contribution in [-0.2, 0) is 6.54 Å². The number of nitrogens with one attached hydrogen (secondary N) is 1. The summed E-state index contributed by atoms with van der Waals surface area (Å²) in [4.78, 5) is 13.0. The molecule has 4 aromatic rings. The van der Waals surface area contributed by atoms with Crippen molar-refractivity contribution in [1.82, 2.24) is 19.5 Å². The average molecular weight is 484 g/mol.